The van der Waals surface area contributed by atoms with E-state index in [1.807, 2.05) is 0 Å². The van der Waals surface area contributed by atoms with Crippen LogP contribution in [0.15, 0.2) is 0 Å². The van der Waals surface area contributed by atoms with E-state index in [-0.39, 0.29) is 5.54 Å². The lowest BCUT2D eigenvalue weighted by atomic mass is 9.81. The molecule has 3 saturated heterocycles. The van der Waals surface area contributed by atoms with E-state index >= 15 is 0 Å². The van der Waals surface area contributed by atoms with Gasteiger partial charge in [-0.3, -0.25) is 4.90 Å². The van der Waals surface area contributed by atoms with Gasteiger partial charge in [-0.25, -0.2) is 0 Å². The van der Waals surface area contributed by atoms with E-state index in [0.29, 0.717) is 5.92 Å². The fourth-order valence-corrected chi connectivity index (χ4v) is 4.54. The van der Waals surface area contributed by atoms with Crippen molar-refractivity contribution in [1.82, 2.24) is 9.80 Å². The third-order valence-electron chi connectivity index (χ3n) is 6.27. The second-order valence-corrected chi connectivity index (χ2v) is 7.56. The Labute approximate surface area is 130 Å². The van der Waals surface area contributed by atoms with Gasteiger partial charge in [-0.15, -0.1) is 0 Å². The van der Waals surface area contributed by atoms with Crippen molar-refractivity contribution in [3.8, 4) is 0 Å². The largest absolute Gasteiger partial charge is 0.381 e. The minimum atomic E-state index is 0.148. The van der Waals surface area contributed by atoms with Crippen LogP contribution < -0.4 is 5.73 Å². The molecular weight excluding hydrogens is 262 g/mol. The van der Waals surface area contributed by atoms with Crippen molar-refractivity contribution in [3.63, 3.8) is 0 Å². The molecule has 2 unspecified atom stereocenters. The second kappa shape index (κ2) is 6.95. The molecule has 0 aromatic carbocycles. The van der Waals surface area contributed by atoms with Gasteiger partial charge >= 0.3 is 0 Å². The quantitative estimate of drug-likeness (QED) is 0.835. The Bertz CT molecular complexity index is 318. The molecule has 122 valence electrons. The van der Waals surface area contributed by atoms with Gasteiger partial charge in [0, 0.05) is 31.2 Å². The fraction of sp³-hybridized carbons (Fsp3) is 1.00. The molecule has 4 heteroatoms. The number of rotatable bonds is 5. The highest BCUT2D eigenvalue weighted by atomic mass is 16.5. The Kier molecular flexibility index (Phi) is 5.20. The summed E-state index contributed by atoms with van der Waals surface area (Å²) in [6.45, 7) is 11.4. The summed E-state index contributed by atoms with van der Waals surface area (Å²) in [5.74, 6) is 1.53. The maximum atomic E-state index is 6.18. The van der Waals surface area contributed by atoms with Gasteiger partial charge in [0.15, 0.2) is 0 Å². The monoisotopic (exact) mass is 295 g/mol. The van der Waals surface area contributed by atoms with Crippen LogP contribution in [0.4, 0.5) is 0 Å². The van der Waals surface area contributed by atoms with Gasteiger partial charge < -0.3 is 15.4 Å². The Morgan fingerprint density at radius 2 is 1.81 bits per heavy atom. The van der Waals surface area contributed by atoms with E-state index in [2.05, 4.69) is 16.7 Å². The molecule has 0 aromatic rings. The van der Waals surface area contributed by atoms with Crippen molar-refractivity contribution in [2.24, 2.45) is 17.6 Å². The molecule has 3 fully saturated rings. The van der Waals surface area contributed by atoms with Crippen molar-refractivity contribution in [2.45, 2.75) is 44.6 Å². The van der Waals surface area contributed by atoms with Crippen molar-refractivity contribution in [1.29, 1.82) is 0 Å². The van der Waals surface area contributed by atoms with Crippen LogP contribution in [0.25, 0.3) is 0 Å². The third-order valence-corrected chi connectivity index (χ3v) is 6.27. The Morgan fingerprint density at radius 3 is 2.38 bits per heavy atom. The second-order valence-electron chi connectivity index (χ2n) is 7.56. The van der Waals surface area contributed by atoms with E-state index in [1.165, 1.54) is 64.8 Å². The van der Waals surface area contributed by atoms with Gasteiger partial charge in [-0.05, 0) is 71.1 Å². The molecule has 21 heavy (non-hydrogen) atoms. The summed E-state index contributed by atoms with van der Waals surface area (Å²) in [4.78, 5) is 5.35. The van der Waals surface area contributed by atoms with Crippen LogP contribution in [0.1, 0.15) is 39.0 Å². The standard InChI is InChI=1S/C17H33N3O/c1-17(14-18,16-6-11-21-13-16)20-9-4-15(5-10-20)12-19-7-2-3-8-19/h15-16H,2-14,18H2,1H3. The minimum Gasteiger partial charge on any atom is -0.381 e. The van der Waals surface area contributed by atoms with Crippen LogP contribution in [0.5, 0.6) is 0 Å². The molecule has 3 rings (SSSR count). The van der Waals surface area contributed by atoms with Crippen molar-refractivity contribution in [3.05, 3.63) is 0 Å². The molecule has 0 aromatic heterocycles. The summed E-state index contributed by atoms with van der Waals surface area (Å²) >= 11 is 0. The maximum Gasteiger partial charge on any atom is 0.0513 e. The van der Waals surface area contributed by atoms with Crippen LogP contribution >= 0.6 is 0 Å². The van der Waals surface area contributed by atoms with Gasteiger partial charge in [-0.1, -0.05) is 0 Å². The lowest BCUT2D eigenvalue weighted by molar-refractivity contribution is 0.0148. The van der Waals surface area contributed by atoms with Crippen molar-refractivity contribution >= 4 is 0 Å². The topological polar surface area (TPSA) is 41.7 Å². The van der Waals surface area contributed by atoms with Crippen LogP contribution in [0.2, 0.25) is 0 Å². The Balaban J connectivity index is 1.51. The van der Waals surface area contributed by atoms with E-state index in [1.54, 1.807) is 0 Å². The summed E-state index contributed by atoms with van der Waals surface area (Å²) in [5.41, 5.74) is 6.33. The summed E-state index contributed by atoms with van der Waals surface area (Å²) < 4.78 is 5.62. The predicted molar refractivity (Wildman–Crippen MR) is 86.4 cm³/mol. The van der Waals surface area contributed by atoms with Gasteiger partial charge in [0.05, 0.1) is 6.61 Å². The van der Waals surface area contributed by atoms with Gasteiger partial charge in [0.2, 0.25) is 0 Å². The van der Waals surface area contributed by atoms with Gasteiger partial charge in [0.25, 0.3) is 0 Å². The fourth-order valence-electron chi connectivity index (χ4n) is 4.54. The summed E-state index contributed by atoms with van der Waals surface area (Å²) in [5, 5.41) is 0. The average molecular weight is 295 g/mol. The molecule has 0 spiro atoms. The highest BCUT2D eigenvalue weighted by molar-refractivity contribution is 4.97. The maximum absolute atomic E-state index is 6.18. The first-order valence-electron chi connectivity index (χ1n) is 8.97. The highest BCUT2D eigenvalue weighted by Crippen LogP contribution is 2.34. The van der Waals surface area contributed by atoms with E-state index in [9.17, 15) is 0 Å². The molecule has 0 bridgehead atoms. The predicted octanol–water partition coefficient (Wildman–Crippen LogP) is 1.55. The van der Waals surface area contributed by atoms with E-state index in [4.69, 9.17) is 10.5 Å². The zero-order valence-corrected chi connectivity index (χ0v) is 13.7. The zero-order valence-electron chi connectivity index (χ0n) is 13.7. The smallest absolute Gasteiger partial charge is 0.0513 e. The molecule has 0 amide bonds. The summed E-state index contributed by atoms with van der Waals surface area (Å²) in [7, 11) is 0. The zero-order chi connectivity index (χ0) is 14.7. The van der Waals surface area contributed by atoms with Crippen LogP contribution in [-0.2, 0) is 4.74 Å². The molecule has 3 heterocycles. The number of ether oxygens (including phenoxy) is 1. The molecule has 0 radical (unpaired) electrons. The number of piperidine rings is 1. The molecule has 4 nitrogen and oxygen atoms in total. The molecule has 3 aliphatic heterocycles. The first-order chi connectivity index (χ1) is 10.2. The average Bonchev–Trinajstić information content (AvgIpc) is 3.20. The molecule has 3 aliphatic rings. The van der Waals surface area contributed by atoms with Crippen LogP contribution in [0, 0.1) is 11.8 Å². The molecule has 2 N–H and O–H groups in total. The molecule has 0 saturated carbocycles. The number of likely N-dealkylation sites (tertiary alicyclic amines) is 2. The molecule has 0 aliphatic carbocycles. The summed E-state index contributed by atoms with van der Waals surface area (Å²) in [6, 6.07) is 0. The first kappa shape index (κ1) is 15.7. The lowest BCUT2D eigenvalue weighted by Crippen LogP contribution is -2.59. The van der Waals surface area contributed by atoms with Gasteiger partial charge in [-0.2, -0.15) is 0 Å². The van der Waals surface area contributed by atoms with E-state index < -0.39 is 0 Å². The van der Waals surface area contributed by atoms with Crippen LogP contribution in [0.3, 0.4) is 0 Å². The molecule has 2 atom stereocenters. The van der Waals surface area contributed by atoms with Crippen molar-refractivity contribution < 1.29 is 4.74 Å². The normalized spacial score (nSPS) is 32.6. The van der Waals surface area contributed by atoms with Crippen molar-refractivity contribution in [2.75, 3.05) is 52.5 Å². The highest BCUT2D eigenvalue weighted by Gasteiger charge is 2.41. The number of nitrogens with zero attached hydrogens (tertiary/aromatic N) is 2. The van der Waals surface area contributed by atoms with Gasteiger partial charge in [0.1, 0.15) is 0 Å². The van der Waals surface area contributed by atoms with E-state index in [0.717, 1.165) is 25.7 Å². The van der Waals surface area contributed by atoms with Crippen LogP contribution in [-0.4, -0.2) is 67.8 Å². The SMILES string of the molecule is CC(CN)(C1CCOC1)N1CCC(CN2CCCC2)CC1. The minimum absolute atomic E-state index is 0.148. The Hall–Kier alpha value is -0.160. The first-order valence-corrected chi connectivity index (χ1v) is 8.97. The number of hydrogen-bond donors (Lipinski definition) is 1. The Morgan fingerprint density at radius 1 is 1.10 bits per heavy atom. The molecular formula is C17H33N3O. The third kappa shape index (κ3) is 3.44. The number of nitrogens with two attached hydrogens (primary N) is 1. The number of hydrogen-bond acceptors (Lipinski definition) is 4. The summed E-state index contributed by atoms with van der Waals surface area (Å²) in [6.07, 6.45) is 6.69. The lowest BCUT2D eigenvalue weighted by Gasteiger charge is -2.48.